The summed E-state index contributed by atoms with van der Waals surface area (Å²) in [6.45, 7) is 0.176. The van der Waals surface area contributed by atoms with E-state index in [2.05, 4.69) is 4.98 Å². The second-order valence-electron chi connectivity index (χ2n) is 6.29. The van der Waals surface area contributed by atoms with E-state index in [0.717, 1.165) is 26.7 Å². The summed E-state index contributed by atoms with van der Waals surface area (Å²) in [6.07, 6.45) is -3.63. The molecule has 0 N–H and O–H groups in total. The monoisotopic (exact) mass is 412 g/mol. The van der Waals surface area contributed by atoms with Crippen molar-refractivity contribution in [2.75, 3.05) is 6.54 Å². The molecule has 2 aromatic carbocycles. The first kappa shape index (κ1) is 18.4. The number of sulfonamides is 1. The summed E-state index contributed by atoms with van der Waals surface area (Å²) < 4.78 is 68.3. The average Bonchev–Trinajstić information content (AvgIpc) is 3.27. The maximum Gasteiger partial charge on any atom is 0.417 e. The molecule has 1 aromatic heterocycles. The quantitative estimate of drug-likeness (QED) is 0.619. The molecule has 1 unspecified atom stereocenters. The second-order valence-corrected chi connectivity index (χ2v) is 9.21. The summed E-state index contributed by atoms with van der Waals surface area (Å²) in [4.78, 5) is 3.81. The number of para-hydroxylation sites is 1. The molecule has 0 saturated carbocycles. The molecule has 0 aliphatic carbocycles. The third-order valence-corrected chi connectivity index (χ3v) is 7.68. The Kier molecular flexibility index (Phi) is 4.48. The summed E-state index contributed by atoms with van der Waals surface area (Å²) in [5, 5.41) is 0.613. The van der Waals surface area contributed by atoms with Crippen molar-refractivity contribution in [3.8, 4) is 0 Å². The minimum Gasteiger partial charge on any atom is -0.239 e. The van der Waals surface area contributed by atoms with E-state index in [4.69, 9.17) is 0 Å². The number of benzene rings is 2. The van der Waals surface area contributed by atoms with E-state index >= 15 is 0 Å². The molecule has 1 atom stereocenters. The Morgan fingerprint density at radius 1 is 1.07 bits per heavy atom. The van der Waals surface area contributed by atoms with E-state index in [1.54, 1.807) is 0 Å². The number of hydrogen-bond acceptors (Lipinski definition) is 4. The fourth-order valence-electron chi connectivity index (χ4n) is 3.36. The highest BCUT2D eigenvalue weighted by Gasteiger charge is 2.43. The number of rotatable bonds is 3. The third-order valence-electron chi connectivity index (χ3n) is 4.58. The van der Waals surface area contributed by atoms with Crippen LogP contribution in [0.2, 0.25) is 0 Å². The minimum absolute atomic E-state index is 0.176. The Hall–Kier alpha value is -1.97. The molecule has 1 aliphatic heterocycles. The van der Waals surface area contributed by atoms with Crippen molar-refractivity contribution in [2.45, 2.75) is 30.0 Å². The standard InChI is InChI=1S/C18H15F3N2O2S2/c19-18(20,21)12-6-1-4-10-16(12)27(24,25)23-11-5-8-14(23)17-22-13-7-2-3-9-15(13)26-17/h1-4,6-7,9-10,14H,5,8,11H2. The summed E-state index contributed by atoms with van der Waals surface area (Å²) >= 11 is 1.38. The van der Waals surface area contributed by atoms with Crippen LogP contribution in [0.15, 0.2) is 53.4 Å². The molecule has 142 valence electrons. The lowest BCUT2D eigenvalue weighted by Gasteiger charge is -2.24. The van der Waals surface area contributed by atoms with Crippen molar-refractivity contribution < 1.29 is 21.6 Å². The first-order valence-electron chi connectivity index (χ1n) is 8.32. The molecule has 1 saturated heterocycles. The van der Waals surface area contributed by atoms with Crippen molar-refractivity contribution in [3.05, 3.63) is 59.1 Å². The summed E-state index contributed by atoms with van der Waals surface area (Å²) in [5.41, 5.74) is -0.377. The van der Waals surface area contributed by atoms with Gasteiger partial charge in [-0.2, -0.15) is 17.5 Å². The molecule has 1 fully saturated rings. The van der Waals surface area contributed by atoms with Crippen LogP contribution in [0.25, 0.3) is 10.2 Å². The lowest BCUT2D eigenvalue weighted by Crippen LogP contribution is -2.32. The molecule has 2 heterocycles. The summed E-state index contributed by atoms with van der Waals surface area (Å²) in [7, 11) is -4.31. The summed E-state index contributed by atoms with van der Waals surface area (Å²) in [6, 6.07) is 11.2. The topological polar surface area (TPSA) is 50.3 Å². The Morgan fingerprint density at radius 2 is 1.78 bits per heavy atom. The van der Waals surface area contributed by atoms with Gasteiger partial charge in [0.25, 0.3) is 0 Å². The molecule has 1 aliphatic rings. The van der Waals surface area contributed by atoms with Crippen LogP contribution in [0.5, 0.6) is 0 Å². The van der Waals surface area contributed by atoms with Gasteiger partial charge in [0.15, 0.2) is 0 Å². The molecule has 27 heavy (non-hydrogen) atoms. The highest BCUT2D eigenvalue weighted by molar-refractivity contribution is 7.89. The molecule has 0 bridgehead atoms. The Labute approximate surface area is 158 Å². The van der Waals surface area contributed by atoms with Crippen LogP contribution in [0.3, 0.4) is 0 Å². The normalized spacial score (nSPS) is 19.0. The molecule has 0 amide bonds. The zero-order valence-corrected chi connectivity index (χ0v) is 15.6. The molecule has 4 nitrogen and oxygen atoms in total. The van der Waals surface area contributed by atoms with Crippen LogP contribution < -0.4 is 0 Å². The number of halogens is 3. The number of fused-ring (bicyclic) bond motifs is 1. The van der Waals surface area contributed by atoms with Crippen molar-refractivity contribution in [3.63, 3.8) is 0 Å². The smallest absolute Gasteiger partial charge is 0.239 e. The fourth-order valence-corrected chi connectivity index (χ4v) is 6.42. The molecule has 9 heteroatoms. The SMILES string of the molecule is O=S(=O)(c1ccccc1C(F)(F)F)N1CCCC1c1nc2ccccc2s1. The number of thiazole rings is 1. The molecular weight excluding hydrogens is 397 g/mol. The molecule has 0 spiro atoms. The fraction of sp³-hybridized carbons (Fsp3) is 0.278. The zero-order chi connectivity index (χ0) is 19.2. The van der Waals surface area contributed by atoms with Crippen LogP contribution in [0.1, 0.15) is 29.5 Å². The van der Waals surface area contributed by atoms with E-state index in [9.17, 15) is 21.6 Å². The van der Waals surface area contributed by atoms with Gasteiger partial charge in [-0.25, -0.2) is 13.4 Å². The Morgan fingerprint density at radius 3 is 2.52 bits per heavy atom. The van der Waals surface area contributed by atoms with Gasteiger partial charge in [0.05, 0.1) is 26.7 Å². The van der Waals surface area contributed by atoms with Crippen LogP contribution in [-0.4, -0.2) is 24.3 Å². The van der Waals surface area contributed by atoms with E-state index in [0.29, 0.717) is 17.8 Å². The maximum atomic E-state index is 13.3. The minimum atomic E-state index is -4.74. The number of nitrogens with zero attached hydrogens (tertiary/aromatic N) is 2. The van der Waals surface area contributed by atoms with Crippen molar-refractivity contribution in [2.24, 2.45) is 0 Å². The largest absolute Gasteiger partial charge is 0.417 e. The predicted octanol–water partition coefficient (Wildman–Crippen LogP) is 4.84. The Balaban J connectivity index is 1.78. The number of aromatic nitrogens is 1. The van der Waals surface area contributed by atoms with Gasteiger partial charge in [0.1, 0.15) is 5.01 Å². The summed E-state index contributed by atoms with van der Waals surface area (Å²) in [5.74, 6) is 0. The van der Waals surface area contributed by atoms with Gasteiger partial charge in [0, 0.05) is 6.54 Å². The van der Waals surface area contributed by atoms with Gasteiger partial charge in [-0.3, -0.25) is 0 Å². The van der Waals surface area contributed by atoms with E-state index < -0.39 is 32.7 Å². The third kappa shape index (κ3) is 3.24. The van der Waals surface area contributed by atoms with Crippen LogP contribution in [-0.2, 0) is 16.2 Å². The molecule has 3 aromatic rings. The highest BCUT2D eigenvalue weighted by atomic mass is 32.2. The van der Waals surface area contributed by atoms with Gasteiger partial charge in [-0.1, -0.05) is 24.3 Å². The lowest BCUT2D eigenvalue weighted by molar-refractivity contribution is -0.139. The number of alkyl halides is 3. The maximum absolute atomic E-state index is 13.3. The van der Waals surface area contributed by atoms with Crippen molar-refractivity contribution >= 4 is 31.6 Å². The predicted molar refractivity (Wildman–Crippen MR) is 96.9 cm³/mol. The Bertz CT molecular complexity index is 1060. The molecule has 0 radical (unpaired) electrons. The van der Waals surface area contributed by atoms with Gasteiger partial charge >= 0.3 is 6.18 Å². The first-order valence-corrected chi connectivity index (χ1v) is 10.6. The van der Waals surface area contributed by atoms with Gasteiger partial charge in [-0.05, 0) is 37.1 Å². The lowest BCUT2D eigenvalue weighted by atomic mass is 10.2. The zero-order valence-electron chi connectivity index (χ0n) is 14.0. The molecule has 4 rings (SSSR count). The number of hydrogen-bond donors (Lipinski definition) is 0. The van der Waals surface area contributed by atoms with E-state index in [1.807, 2.05) is 24.3 Å². The van der Waals surface area contributed by atoms with Crippen LogP contribution in [0, 0.1) is 0 Å². The van der Waals surface area contributed by atoms with Gasteiger partial charge in [0.2, 0.25) is 10.0 Å². The van der Waals surface area contributed by atoms with E-state index in [1.165, 1.54) is 23.5 Å². The van der Waals surface area contributed by atoms with E-state index in [-0.39, 0.29) is 6.54 Å². The molecular formula is C18H15F3N2O2S2. The van der Waals surface area contributed by atoms with Gasteiger partial charge < -0.3 is 0 Å². The first-order chi connectivity index (χ1) is 12.8. The highest BCUT2D eigenvalue weighted by Crippen LogP contribution is 2.42. The van der Waals surface area contributed by atoms with Crippen LogP contribution >= 0.6 is 11.3 Å². The van der Waals surface area contributed by atoms with Crippen molar-refractivity contribution in [1.82, 2.24) is 9.29 Å². The van der Waals surface area contributed by atoms with Gasteiger partial charge in [-0.15, -0.1) is 11.3 Å². The second kappa shape index (κ2) is 6.57. The van der Waals surface area contributed by atoms with Crippen LogP contribution in [0.4, 0.5) is 13.2 Å². The van der Waals surface area contributed by atoms with Crippen molar-refractivity contribution in [1.29, 1.82) is 0 Å². The average molecular weight is 412 g/mol.